The molecule has 0 N–H and O–H groups in total. The SMILES string of the molecule is c1ccc(-c2nc(-c3ccccc3)nc(-c3cccc4oc5ccc(-c6ccc7c(c6)c6cc(-c8ccccc8-c8cccc9c8sc8ccccc89)ccc6n7-c6ccccc6)cc5c34)n2)cc1. The summed E-state index contributed by atoms with van der Waals surface area (Å²) in [6, 6.07) is 81.7. The third-order valence-corrected chi connectivity index (χ3v) is 14.7. The van der Waals surface area contributed by atoms with Gasteiger partial charge in [-0.2, -0.15) is 0 Å². The molecule has 0 atom stereocenters. The van der Waals surface area contributed by atoms with Crippen LogP contribution in [0.1, 0.15) is 0 Å². The molecule has 5 nitrogen and oxygen atoms in total. The third-order valence-electron chi connectivity index (χ3n) is 13.5. The van der Waals surface area contributed by atoms with E-state index in [-0.39, 0.29) is 0 Å². The van der Waals surface area contributed by atoms with Crippen molar-refractivity contribution >= 4 is 75.3 Å². The van der Waals surface area contributed by atoms with Crippen LogP contribution in [0.4, 0.5) is 0 Å². The van der Waals surface area contributed by atoms with Crippen LogP contribution in [0.2, 0.25) is 0 Å². The molecule has 6 heteroatoms. The average Bonchev–Trinajstić information content (AvgIpc) is 4.10. The standard InChI is InChI=1S/C63H38N4OS/c1-4-16-39(17-5-1)61-64-62(40-18-6-2-7-19-40)66-63(65-61)50-27-15-28-57-59(50)53-37-42(32-35-56(53)68-57)41-30-33-54-51(36-41)52-38-43(31-34-55(52)67(54)44-20-8-3-9-21-44)45-22-10-11-23-46(45)48-25-14-26-49-47-24-12-13-29-58(47)69-60(48)49/h1-38H. The van der Waals surface area contributed by atoms with Crippen LogP contribution in [0.25, 0.3) is 137 Å². The predicted molar refractivity (Wildman–Crippen MR) is 287 cm³/mol. The van der Waals surface area contributed by atoms with Crippen molar-refractivity contribution in [2.75, 3.05) is 0 Å². The van der Waals surface area contributed by atoms with Gasteiger partial charge in [-0.25, -0.2) is 15.0 Å². The normalized spacial score (nSPS) is 11.8. The molecule has 0 saturated heterocycles. The number of hydrogen-bond acceptors (Lipinski definition) is 5. The molecule has 10 aromatic carbocycles. The van der Waals surface area contributed by atoms with E-state index in [1.807, 2.05) is 84.1 Å². The van der Waals surface area contributed by atoms with Gasteiger partial charge in [-0.3, -0.25) is 0 Å². The highest BCUT2D eigenvalue weighted by Gasteiger charge is 2.21. The Balaban J connectivity index is 0.939. The van der Waals surface area contributed by atoms with Crippen LogP contribution in [0.15, 0.2) is 235 Å². The molecule has 0 aliphatic heterocycles. The van der Waals surface area contributed by atoms with Gasteiger partial charge in [0.2, 0.25) is 0 Å². The number of fused-ring (bicyclic) bond motifs is 9. The minimum Gasteiger partial charge on any atom is -0.456 e. The molecule has 4 heterocycles. The molecular weight excluding hydrogens is 861 g/mol. The molecular formula is C63H38N4OS. The molecule has 69 heavy (non-hydrogen) atoms. The van der Waals surface area contributed by atoms with E-state index in [0.29, 0.717) is 17.5 Å². The van der Waals surface area contributed by atoms with Crippen LogP contribution >= 0.6 is 11.3 Å². The number of aromatic nitrogens is 4. The van der Waals surface area contributed by atoms with Gasteiger partial charge in [0.05, 0.1) is 11.0 Å². The minimum atomic E-state index is 0.592. The molecule has 0 fully saturated rings. The number of para-hydroxylation sites is 1. The molecule has 0 amide bonds. The van der Waals surface area contributed by atoms with E-state index >= 15 is 0 Å². The molecule has 14 aromatic rings. The van der Waals surface area contributed by atoms with Crippen molar-refractivity contribution in [3.8, 4) is 73.2 Å². The Morgan fingerprint density at radius 2 is 0.870 bits per heavy atom. The Kier molecular flexibility index (Phi) is 9.00. The lowest BCUT2D eigenvalue weighted by Crippen LogP contribution is -2.00. The zero-order chi connectivity index (χ0) is 45.4. The molecule has 0 saturated carbocycles. The van der Waals surface area contributed by atoms with E-state index < -0.39 is 0 Å². The molecule has 322 valence electrons. The van der Waals surface area contributed by atoms with Crippen LogP contribution in [0.3, 0.4) is 0 Å². The van der Waals surface area contributed by atoms with Crippen LogP contribution < -0.4 is 0 Å². The molecule has 4 aromatic heterocycles. The molecule has 0 spiro atoms. The van der Waals surface area contributed by atoms with E-state index in [1.165, 1.54) is 53.2 Å². The van der Waals surface area contributed by atoms with Crippen molar-refractivity contribution < 1.29 is 4.42 Å². The van der Waals surface area contributed by atoms with Gasteiger partial charge in [-0.15, -0.1) is 11.3 Å². The first-order valence-corrected chi connectivity index (χ1v) is 24.0. The summed E-state index contributed by atoms with van der Waals surface area (Å²) in [5.41, 5.74) is 14.8. The zero-order valence-corrected chi connectivity index (χ0v) is 37.9. The Labute approximate surface area is 400 Å². The molecule has 14 rings (SSSR count). The fourth-order valence-corrected chi connectivity index (χ4v) is 11.5. The van der Waals surface area contributed by atoms with Crippen molar-refractivity contribution in [3.05, 3.63) is 231 Å². The van der Waals surface area contributed by atoms with Crippen molar-refractivity contribution in [2.45, 2.75) is 0 Å². The Morgan fingerprint density at radius 3 is 1.61 bits per heavy atom. The minimum absolute atomic E-state index is 0.592. The van der Waals surface area contributed by atoms with Crippen molar-refractivity contribution in [1.29, 1.82) is 0 Å². The highest BCUT2D eigenvalue weighted by atomic mass is 32.1. The largest absolute Gasteiger partial charge is 0.456 e. The molecule has 0 unspecified atom stereocenters. The first-order chi connectivity index (χ1) is 34.2. The van der Waals surface area contributed by atoms with Crippen LogP contribution in [0.5, 0.6) is 0 Å². The number of rotatable bonds is 7. The predicted octanol–water partition coefficient (Wildman–Crippen LogP) is 17.2. The summed E-state index contributed by atoms with van der Waals surface area (Å²) in [7, 11) is 0. The van der Waals surface area contributed by atoms with Crippen LogP contribution in [-0.4, -0.2) is 19.5 Å². The molecule has 0 aliphatic carbocycles. The quantitative estimate of drug-likeness (QED) is 0.160. The summed E-state index contributed by atoms with van der Waals surface area (Å²) in [5.74, 6) is 1.83. The second kappa shape index (κ2) is 15.8. The lowest BCUT2D eigenvalue weighted by molar-refractivity contribution is 0.669. The smallest absolute Gasteiger partial charge is 0.164 e. The van der Waals surface area contributed by atoms with Crippen molar-refractivity contribution in [1.82, 2.24) is 19.5 Å². The van der Waals surface area contributed by atoms with Crippen molar-refractivity contribution in [2.24, 2.45) is 0 Å². The summed E-state index contributed by atoms with van der Waals surface area (Å²) in [6.07, 6.45) is 0. The highest BCUT2D eigenvalue weighted by molar-refractivity contribution is 7.26. The van der Waals surface area contributed by atoms with Crippen molar-refractivity contribution in [3.63, 3.8) is 0 Å². The first-order valence-electron chi connectivity index (χ1n) is 23.2. The zero-order valence-electron chi connectivity index (χ0n) is 37.0. The van der Waals surface area contributed by atoms with Gasteiger partial charge in [0.15, 0.2) is 17.5 Å². The topological polar surface area (TPSA) is 56.7 Å². The van der Waals surface area contributed by atoms with E-state index in [1.54, 1.807) is 0 Å². The maximum Gasteiger partial charge on any atom is 0.164 e. The summed E-state index contributed by atoms with van der Waals surface area (Å²) in [5, 5.41) is 6.95. The summed E-state index contributed by atoms with van der Waals surface area (Å²) in [4.78, 5) is 15.2. The van der Waals surface area contributed by atoms with Crippen LogP contribution in [0, 0.1) is 0 Å². The van der Waals surface area contributed by atoms with E-state index in [0.717, 1.165) is 66.5 Å². The second-order valence-corrected chi connectivity index (χ2v) is 18.5. The number of nitrogens with zero attached hydrogens (tertiary/aromatic N) is 4. The fourth-order valence-electron chi connectivity index (χ4n) is 10.3. The summed E-state index contributed by atoms with van der Waals surface area (Å²) >= 11 is 1.87. The summed E-state index contributed by atoms with van der Waals surface area (Å²) in [6.45, 7) is 0. The average molecular weight is 899 g/mol. The fraction of sp³-hybridized carbons (Fsp3) is 0. The lowest BCUT2D eigenvalue weighted by atomic mass is 9.93. The second-order valence-electron chi connectivity index (χ2n) is 17.5. The number of benzene rings is 10. The Hall–Kier alpha value is -8.97. The molecule has 0 bridgehead atoms. The van der Waals surface area contributed by atoms with Gasteiger partial charge in [-0.05, 0) is 88.5 Å². The third kappa shape index (κ3) is 6.49. The maximum absolute atomic E-state index is 6.58. The van der Waals surface area contributed by atoms with Crippen LogP contribution in [-0.2, 0) is 0 Å². The van der Waals surface area contributed by atoms with Gasteiger partial charge < -0.3 is 8.98 Å². The van der Waals surface area contributed by atoms with Gasteiger partial charge in [0.25, 0.3) is 0 Å². The van der Waals surface area contributed by atoms with E-state index in [4.69, 9.17) is 19.4 Å². The molecule has 0 radical (unpaired) electrons. The maximum atomic E-state index is 6.58. The molecule has 0 aliphatic rings. The Morgan fingerprint density at radius 1 is 0.333 bits per heavy atom. The van der Waals surface area contributed by atoms with Gasteiger partial charge in [0, 0.05) is 69.7 Å². The lowest BCUT2D eigenvalue weighted by Gasteiger charge is -2.12. The highest BCUT2D eigenvalue weighted by Crippen LogP contribution is 2.45. The Bertz CT molecular complexity index is 4250. The van der Waals surface area contributed by atoms with Gasteiger partial charge >= 0.3 is 0 Å². The first kappa shape index (κ1) is 39.2. The number of furan rings is 1. The van der Waals surface area contributed by atoms with E-state index in [2.05, 4.69) is 162 Å². The summed E-state index contributed by atoms with van der Waals surface area (Å²) < 4.78 is 11.6. The van der Waals surface area contributed by atoms with E-state index in [9.17, 15) is 0 Å². The van der Waals surface area contributed by atoms with Gasteiger partial charge in [-0.1, -0.05) is 170 Å². The monoisotopic (exact) mass is 898 g/mol. The number of thiophene rings is 1. The number of hydrogen-bond donors (Lipinski definition) is 0. The van der Waals surface area contributed by atoms with Gasteiger partial charge in [0.1, 0.15) is 11.2 Å².